The molecule has 1 aromatic heterocycles. The van der Waals surface area contributed by atoms with Crippen LogP contribution in [0.5, 0.6) is 0 Å². The molecule has 1 saturated heterocycles. The van der Waals surface area contributed by atoms with Gasteiger partial charge in [-0.2, -0.15) is 4.98 Å². The van der Waals surface area contributed by atoms with Crippen LogP contribution in [0.2, 0.25) is 0 Å². The quantitative estimate of drug-likeness (QED) is 0.891. The van der Waals surface area contributed by atoms with Gasteiger partial charge in [0.2, 0.25) is 0 Å². The number of aromatic nitrogens is 2. The minimum Gasteiger partial charge on any atom is -0.370 e. The Bertz CT molecular complexity index is 719. The van der Waals surface area contributed by atoms with Crippen LogP contribution in [0.4, 0.5) is 0 Å². The Morgan fingerprint density at radius 2 is 1.87 bits per heavy atom. The highest BCUT2D eigenvalue weighted by Crippen LogP contribution is 2.19. The van der Waals surface area contributed by atoms with Crippen molar-refractivity contribution in [3.8, 4) is 11.1 Å². The summed E-state index contributed by atoms with van der Waals surface area (Å²) in [4.78, 5) is 18.2. The fourth-order valence-corrected chi connectivity index (χ4v) is 3.24. The number of hydrogen-bond donors (Lipinski definition) is 1. The van der Waals surface area contributed by atoms with E-state index in [4.69, 9.17) is 4.74 Å². The Morgan fingerprint density at radius 3 is 2.57 bits per heavy atom. The van der Waals surface area contributed by atoms with Crippen molar-refractivity contribution in [3.05, 3.63) is 52.2 Å². The minimum atomic E-state index is -0.138. The summed E-state index contributed by atoms with van der Waals surface area (Å²) >= 11 is 0. The first-order valence-electron chi connectivity index (χ1n) is 8.21. The lowest BCUT2D eigenvalue weighted by atomic mass is 10.1. The number of rotatable bonds is 4. The van der Waals surface area contributed by atoms with Crippen LogP contribution in [0.3, 0.4) is 0 Å². The zero-order valence-corrected chi connectivity index (χ0v) is 13.8. The molecule has 3 rings (SSSR count). The molecule has 5 heteroatoms. The third-order valence-electron chi connectivity index (χ3n) is 4.59. The lowest BCUT2D eigenvalue weighted by Gasteiger charge is -2.25. The number of aryl methyl sites for hydroxylation is 1. The second kappa shape index (κ2) is 7.06. The first-order chi connectivity index (χ1) is 11.2. The number of hydrogen-bond acceptors (Lipinski definition) is 3. The highest BCUT2D eigenvalue weighted by atomic mass is 16.5. The SMILES string of the molecule is Cc1nc(=O)c(-c2ccccc2)c(C)n1CC[NH+]1CCOCC1. The van der Waals surface area contributed by atoms with Crippen molar-refractivity contribution in [3.63, 3.8) is 0 Å². The molecule has 122 valence electrons. The number of benzene rings is 1. The van der Waals surface area contributed by atoms with Gasteiger partial charge in [-0.3, -0.25) is 4.79 Å². The Kier molecular flexibility index (Phi) is 4.88. The van der Waals surface area contributed by atoms with E-state index in [-0.39, 0.29) is 5.56 Å². The Hall–Kier alpha value is -1.98. The maximum absolute atomic E-state index is 12.4. The molecule has 1 fully saturated rings. The topological polar surface area (TPSA) is 48.6 Å². The molecular formula is C18H24N3O2+. The second-order valence-corrected chi connectivity index (χ2v) is 6.05. The molecule has 0 saturated carbocycles. The van der Waals surface area contributed by atoms with E-state index in [1.54, 1.807) is 4.90 Å². The molecule has 1 aromatic carbocycles. The average Bonchev–Trinajstić information content (AvgIpc) is 2.56. The summed E-state index contributed by atoms with van der Waals surface area (Å²) in [6.45, 7) is 9.62. The highest BCUT2D eigenvalue weighted by Gasteiger charge is 2.17. The van der Waals surface area contributed by atoms with Crippen molar-refractivity contribution in [1.29, 1.82) is 0 Å². The lowest BCUT2D eigenvalue weighted by Crippen LogP contribution is -3.14. The first-order valence-corrected chi connectivity index (χ1v) is 8.21. The van der Waals surface area contributed by atoms with Crippen molar-refractivity contribution in [2.45, 2.75) is 20.4 Å². The maximum atomic E-state index is 12.4. The van der Waals surface area contributed by atoms with E-state index in [0.717, 1.165) is 56.5 Å². The van der Waals surface area contributed by atoms with Gasteiger partial charge in [0.25, 0.3) is 5.56 Å². The Morgan fingerprint density at radius 1 is 1.17 bits per heavy atom. The van der Waals surface area contributed by atoms with E-state index in [1.807, 2.05) is 44.2 Å². The zero-order chi connectivity index (χ0) is 16.2. The molecule has 2 heterocycles. The number of morpholine rings is 1. The van der Waals surface area contributed by atoms with E-state index in [9.17, 15) is 4.79 Å². The standard InChI is InChI=1S/C18H23N3O2/c1-14-17(16-6-4-3-5-7-16)18(22)19-15(2)21(14)9-8-20-10-12-23-13-11-20/h3-7H,8-13H2,1-2H3/p+1. The van der Waals surface area contributed by atoms with Gasteiger partial charge in [0.15, 0.2) is 0 Å². The van der Waals surface area contributed by atoms with Crippen LogP contribution in [-0.2, 0) is 11.3 Å². The fourth-order valence-electron chi connectivity index (χ4n) is 3.24. The van der Waals surface area contributed by atoms with Gasteiger partial charge in [-0.05, 0) is 19.4 Å². The van der Waals surface area contributed by atoms with Crippen molar-refractivity contribution in [2.24, 2.45) is 0 Å². The summed E-state index contributed by atoms with van der Waals surface area (Å²) < 4.78 is 7.58. The van der Waals surface area contributed by atoms with Gasteiger partial charge in [0.1, 0.15) is 18.9 Å². The predicted molar refractivity (Wildman–Crippen MR) is 89.8 cm³/mol. The third-order valence-corrected chi connectivity index (χ3v) is 4.59. The maximum Gasteiger partial charge on any atom is 0.281 e. The molecule has 0 radical (unpaired) electrons. The van der Waals surface area contributed by atoms with Crippen LogP contribution in [0, 0.1) is 13.8 Å². The first kappa shape index (κ1) is 15.9. The van der Waals surface area contributed by atoms with Gasteiger partial charge < -0.3 is 14.2 Å². The van der Waals surface area contributed by atoms with Crippen molar-refractivity contribution < 1.29 is 9.64 Å². The van der Waals surface area contributed by atoms with Gasteiger partial charge in [-0.1, -0.05) is 30.3 Å². The smallest absolute Gasteiger partial charge is 0.281 e. The summed E-state index contributed by atoms with van der Waals surface area (Å²) in [6, 6.07) is 9.81. The van der Waals surface area contributed by atoms with E-state index in [1.165, 1.54) is 0 Å². The largest absolute Gasteiger partial charge is 0.370 e. The number of nitrogens with one attached hydrogen (secondary N) is 1. The van der Waals surface area contributed by atoms with Crippen LogP contribution in [0.15, 0.2) is 35.1 Å². The van der Waals surface area contributed by atoms with Gasteiger partial charge in [-0.25, -0.2) is 0 Å². The molecule has 0 spiro atoms. The molecule has 1 aliphatic heterocycles. The normalized spacial score (nSPS) is 15.7. The Labute approximate surface area is 136 Å². The zero-order valence-electron chi connectivity index (χ0n) is 13.8. The van der Waals surface area contributed by atoms with Gasteiger partial charge in [0, 0.05) is 5.69 Å². The molecule has 1 N–H and O–H groups in total. The summed E-state index contributed by atoms with van der Waals surface area (Å²) in [5.41, 5.74) is 2.52. The lowest BCUT2D eigenvalue weighted by molar-refractivity contribution is -0.908. The molecule has 0 atom stereocenters. The minimum absolute atomic E-state index is 0.138. The fraction of sp³-hybridized carbons (Fsp3) is 0.444. The van der Waals surface area contributed by atoms with Gasteiger partial charge in [0.05, 0.1) is 31.9 Å². The highest BCUT2D eigenvalue weighted by molar-refractivity contribution is 5.64. The van der Waals surface area contributed by atoms with Gasteiger partial charge >= 0.3 is 0 Å². The molecule has 2 aromatic rings. The molecule has 0 aliphatic carbocycles. The summed E-state index contributed by atoms with van der Waals surface area (Å²) in [5, 5.41) is 0. The number of quaternary nitrogens is 1. The van der Waals surface area contributed by atoms with Crippen molar-refractivity contribution in [1.82, 2.24) is 9.55 Å². The monoisotopic (exact) mass is 314 g/mol. The number of ether oxygens (including phenoxy) is 1. The van der Waals surface area contributed by atoms with Gasteiger partial charge in [-0.15, -0.1) is 0 Å². The second-order valence-electron chi connectivity index (χ2n) is 6.05. The molecule has 5 nitrogen and oxygen atoms in total. The predicted octanol–water partition coefficient (Wildman–Crippen LogP) is 0.442. The average molecular weight is 314 g/mol. The summed E-state index contributed by atoms with van der Waals surface area (Å²) in [5.74, 6) is 0.792. The van der Waals surface area contributed by atoms with Crippen LogP contribution in [0.1, 0.15) is 11.5 Å². The van der Waals surface area contributed by atoms with E-state index >= 15 is 0 Å². The molecule has 0 unspecified atom stereocenters. The molecule has 0 bridgehead atoms. The van der Waals surface area contributed by atoms with Crippen LogP contribution in [-0.4, -0.2) is 42.4 Å². The van der Waals surface area contributed by atoms with E-state index in [2.05, 4.69) is 9.55 Å². The molecule has 23 heavy (non-hydrogen) atoms. The van der Waals surface area contributed by atoms with E-state index in [0.29, 0.717) is 5.56 Å². The Balaban J connectivity index is 1.89. The number of nitrogens with zero attached hydrogens (tertiary/aromatic N) is 2. The van der Waals surface area contributed by atoms with Crippen LogP contribution < -0.4 is 10.5 Å². The molecule has 1 aliphatic rings. The van der Waals surface area contributed by atoms with Crippen molar-refractivity contribution >= 4 is 0 Å². The van der Waals surface area contributed by atoms with Crippen LogP contribution >= 0.6 is 0 Å². The third kappa shape index (κ3) is 3.51. The van der Waals surface area contributed by atoms with Crippen LogP contribution in [0.25, 0.3) is 11.1 Å². The summed E-state index contributed by atoms with van der Waals surface area (Å²) in [7, 11) is 0. The summed E-state index contributed by atoms with van der Waals surface area (Å²) in [6.07, 6.45) is 0. The van der Waals surface area contributed by atoms with Crippen molar-refractivity contribution in [2.75, 3.05) is 32.8 Å². The molecule has 0 amide bonds. The van der Waals surface area contributed by atoms with E-state index < -0.39 is 0 Å². The molecular weight excluding hydrogens is 290 g/mol.